The number of non-ortho nitro benzene ring substituents is 1. The van der Waals surface area contributed by atoms with Crippen molar-refractivity contribution in [3.05, 3.63) is 93.5 Å². The number of aliphatic hydroxyl groups excluding tert-OH is 2. The first-order valence-electron chi connectivity index (χ1n) is 19.9. The van der Waals surface area contributed by atoms with Gasteiger partial charge in [0.25, 0.3) is 17.5 Å². The summed E-state index contributed by atoms with van der Waals surface area (Å²) in [5.41, 5.74) is 2.79. The van der Waals surface area contributed by atoms with Crippen LogP contribution in [0.25, 0.3) is 11.1 Å². The van der Waals surface area contributed by atoms with Gasteiger partial charge in [-0.15, -0.1) is 0 Å². The Hall–Kier alpha value is -4.53. The predicted octanol–water partition coefficient (Wildman–Crippen LogP) is 5.56. The van der Waals surface area contributed by atoms with E-state index >= 15 is 0 Å². The summed E-state index contributed by atoms with van der Waals surface area (Å²) in [5, 5.41) is 37.3. The average Bonchev–Trinajstić information content (AvgIpc) is 3.56. The molecule has 1 aliphatic heterocycles. The van der Waals surface area contributed by atoms with Crippen molar-refractivity contribution < 1.29 is 34.3 Å². The van der Waals surface area contributed by atoms with Gasteiger partial charge in [-0.25, -0.2) is 4.99 Å². The number of para-hydroxylation sites is 1. The number of rotatable bonds is 16. The third-order valence-corrected chi connectivity index (χ3v) is 12.8. The predicted molar refractivity (Wildman–Crippen MR) is 218 cm³/mol. The van der Waals surface area contributed by atoms with Crippen LogP contribution in [0.15, 0.2) is 71.7 Å². The molecule has 13 heteroatoms. The molecule has 4 aliphatic rings. The topological polar surface area (TPSA) is 167 Å². The van der Waals surface area contributed by atoms with Gasteiger partial charge in [0.1, 0.15) is 17.9 Å². The third kappa shape index (κ3) is 9.13. The van der Waals surface area contributed by atoms with Crippen LogP contribution < -0.4 is 10.1 Å². The number of aliphatic imine (C=N–C) groups is 1. The number of benzene rings is 3. The fourth-order valence-corrected chi connectivity index (χ4v) is 9.45. The number of hydrogen-bond acceptors (Lipinski definition) is 10. The van der Waals surface area contributed by atoms with Gasteiger partial charge in [-0.1, -0.05) is 69.3 Å². The molecule has 3 aromatic rings. The van der Waals surface area contributed by atoms with E-state index in [0.717, 1.165) is 18.4 Å². The zero-order chi connectivity index (χ0) is 41.0. The van der Waals surface area contributed by atoms with Gasteiger partial charge in [0.15, 0.2) is 0 Å². The van der Waals surface area contributed by atoms with E-state index in [1.54, 1.807) is 30.5 Å². The van der Waals surface area contributed by atoms with Gasteiger partial charge in [0.2, 0.25) is 0 Å². The Balaban J connectivity index is 1.25. The number of nitro groups is 1. The Kier molecular flexibility index (Phi) is 13.3. The number of carbonyl (C=O) groups excluding carboxylic acids is 2. The SMILES string of the molecule is COc1c(CN2O[C@@H](CO)[C@@H](CO)[C@H]2C(=O)N=CC2C[C@H]3CC([C@@H]2C)C3(C)C)cccc1-c1cc(C(=O)N[C@@H](CCc2ccccc2)CN(C)C)cc([N+](=O)[O-])c1. The Morgan fingerprint density at radius 3 is 2.49 bits per heavy atom. The monoisotopic (exact) mass is 783 g/mol. The summed E-state index contributed by atoms with van der Waals surface area (Å²) >= 11 is 0. The second-order valence-corrected chi connectivity index (χ2v) is 16.9. The lowest BCUT2D eigenvalue weighted by Gasteiger charge is -2.61. The van der Waals surface area contributed by atoms with E-state index in [0.29, 0.717) is 58.6 Å². The van der Waals surface area contributed by atoms with E-state index in [2.05, 4.69) is 31.1 Å². The second-order valence-electron chi connectivity index (χ2n) is 16.9. The summed E-state index contributed by atoms with van der Waals surface area (Å²) in [6.07, 6.45) is 4.55. The van der Waals surface area contributed by atoms with E-state index < -0.39 is 48.0 Å². The van der Waals surface area contributed by atoms with Crippen LogP contribution in [0.3, 0.4) is 0 Å². The number of hydrogen-bond donors (Lipinski definition) is 3. The van der Waals surface area contributed by atoms with E-state index in [1.807, 2.05) is 49.3 Å². The Bertz CT molecular complexity index is 1940. The van der Waals surface area contributed by atoms with Gasteiger partial charge in [-0.2, -0.15) is 5.06 Å². The highest BCUT2D eigenvalue weighted by Crippen LogP contribution is 2.62. The van der Waals surface area contributed by atoms with Crippen molar-refractivity contribution in [2.45, 2.75) is 71.2 Å². The second kappa shape index (κ2) is 17.9. The molecule has 3 aliphatic carbocycles. The number of nitrogens with one attached hydrogen (secondary N) is 1. The van der Waals surface area contributed by atoms with Crippen LogP contribution >= 0.6 is 0 Å². The highest BCUT2D eigenvalue weighted by atomic mass is 16.7. The molecule has 3 aromatic carbocycles. The zero-order valence-electron chi connectivity index (χ0n) is 33.8. The number of carbonyl (C=O) groups is 2. The molecule has 2 amide bonds. The summed E-state index contributed by atoms with van der Waals surface area (Å²) in [6, 6.07) is 18.4. The number of nitrogens with zero attached hydrogens (tertiary/aromatic N) is 4. The first kappa shape index (κ1) is 42.1. The highest BCUT2D eigenvalue weighted by molar-refractivity contribution is 5.97. The molecule has 7 rings (SSSR count). The summed E-state index contributed by atoms with van der Waals surface area (Å²) in [6.45, 7) is 6.67. The number of amides is 2. The van der Waals surface area contributed by atoms with E-state index in [-0.39, 0.29) is 29.8 Å². The van der Waals surface area contributed by atoms with Gasteiger partial charge in [-0.3, -0.25) is 24.5 Å². The fourth-order valence-electron chi connectivity index (χ4n) is 9.45. The molecular weight excluding hydrogens is 727 g/mol. The molecule has 4 fully saturated rings. The molecule has 0 spiro atoms. The first-order chi connectivity index (χ1) is 27.2. The number of hydroxylamine groups is 2. The summed E-state index contributed by atoms with van der Waals surface area (Å²) in [7, 11) is 5.34. The maximum atomic E-state index is 13.9. The van der Waals surface area contributed by atoms with Crippen LogP contribution in [0.1, 0.15) is 61.5 Å². The summed E-state index contributed by atoms with van der Waals surface area (Å²) in [5.74, 6) is 0.485. The molecule has 2 unspecified atom stereocenters. The van der Waals surface area contributed by atoms with Crippen molar-refractivity contribution in [2.24, 2.45) is 40.0 Å². The number of nitro benzene ring substituents is 1. The zero-order valence-corrected chi connectivity index (χ0v) is 33.8. The molecule has 2 bridgehead atoms. The van der Waals surface area contributed by atoms with Crippen LogP contribution in [0, 0.1) is 45.1 Å². The minimum absolute atomic E-state index is 0.0179. The lowest BCUT2D eigenvalue weighted by Crippen LogP contribution is -2.55. The Labute approximate surface area is 335 Å². The molecule has 306 valence electrons. The van der Waals surface area contributed by atoms with Crippen molar-refractivity contribution in [3.63, 3.8) is 0 Å². The molecule has 3 saturated carbocycles. The maximum absolute atomic E-state index is 13.9. The molecule has 0 radical (unpaired) electrons. The van der Waals surface area contributed by atoms with Crippen molar-refractivity contribution in [3.8, 4) is 16.9 Å². The molecule has 8 atom stereocenters. The van der Waals surface area contributed by atoms with Crippen LogP contribution in [0.5, 0.6) is 5.75 Å². The van der Waals surface area contributed by atoms with Crippen molar-refractivity contribution in [1.29, 1.82) is 0 Å². The van der Waals surface area contributed by atoms with Crippen LogP contribution in [0.2, 0.25) is 0 Å². The highest BCUT2D eigenvalue weighted by Gasteiger charge is 2.56. The molecule has 13 nitrogen and oxygen atoms in total. The molecule has 1 heterocycles. The quantitative estimate of drug-likeness (QED) is 0.0951. The maximum Gasteiger partial charge on any atom is 0.270 e. The fraction of sp³-hybridized carbons (Fsp3) is 0.523. The largest absolute Gasteiger partial charge is 0.496 e. The third-order valence-electron chi connectivity index (χ3n) is 12.8. The van der Waals surface area contributed by atoms with E-state index in [4.69, 9.17) is 9.57 Å². The van der Waals surface area contributed by atoms with Gasteiger partial charge in [0.05, 0.1) is 31.8 Å². The molecule has 57 heavy (non-hydrogen) atoms. The molecule has 0 aromatic heterocycles. The minimum atomic E-state index is -0.980. The number of aryl methyl sites for hydroxylation is 1. The van der Waals surface area contributed by atoms with Crippen molar-refractivity contribution >= 4 is 23.7 Å². The molecule has 1 saturated heterocycles. The lowest BCUT2D eigenvalue weighted by molar-refractivity contribution is -0.384. The number of aliphatic hydroxyl groups is 2. The van der Waals surface area contributed by atoms with Crippen LogP contribution in [0.4, 0.5) is 5.69 Å². The normalized spacial score (nSPS) is 25.9. The smallest absolute Gasteiger partial charge is 0.270 e. The number of likely N-dealkylation sites (N-methyl/N-ethyl adjacent to an activating group) is 1. The van der Waals surface area contributed by atoms with E-state index in [9.17, 15) is 29.9 Å². The molecular formula is C44H57N5O8. The van der Waals surface area contributed by atoms with Crippen molar-refractivity contribution in [1.82, 2.24) is 15.3 Å². The van der Waals surface area contributed by atoms with E-state index in [1.165, 1.54) is 30.7 Å². The van der Waals surface area contributed by atoms with Gasteiger partial charge in [-0.05, 0) is 86.1 Å². The number of fused-ring (bicyclic) bond motifs is 2. The molecule has 3 N–H and O–H groups in total. The first-order valence-corrected chi connectivity index (χ1v) is 19.9. The summed E-state index contributed by atoms with van der Waals surface area (Å²) in [4.78, 5) is 51.9. The van der Waals surface area contributed by atoms with Gasteiger partial charge in [0, 0.05) is 53.5 Å². The van der Waals surface area contributed by atoms with Crippen LogP contribution in [-0.2, 0) is 22.6 Å². The van der Waals surface area contributed by atoms with Gasteiger partial charge >= 0.3 is 0 Å². The number of methoxy groups -OCH3 is 1. The number of ether oxygens (including phenoxy) is 1. The van der Waals surface area contributed by atoms with Gasteiger partial charge < -0.3 is 25.2 Å². The Morgan fingerprint density at radius 1 is 1.11 bits per heavy atom. The van der Waals surface area contributed by atoms with Crippen molar-refractivity contribution in [2.75, 3.05) is 41.0 Å². The average molecular weight is 784 g/mol. The summed E-state index contributed by atoms with van der Waals surface area (Å²) < 4.78 is 5.92. The Morgan fingerprint density at radius 2 is 1.86 bits per heavy atom. The van der Waals surface area contributed by atoms with Crippen LogP contribution in [-0.4, -0.2) is 102 Å². The lowest BCUT2D eigenvalue weighted by atomic mass is 9.43. The standard InChI is InChI=1S/C44H57N5O8/c1-27-32(18-33-21-38(27)44(33,2)3)22-45-43(53)40-37(25-50)39(26-51)57-48(40)23-29-13-10-14-36(41(29)56-6)30-17-31(20-35(19-30)49(54)55)42(52)46-34(24-47(4)5)16-15-28-11-8-7-9-12-28/h7-14,17,19-20,22,27,32-34,37-40,50-51H,15-16,18,21,23-26H2,1-6H3,(H,46,52)/t27-,32?,33+,34+,37-,38?,39+,40+/m1/s1. The minimum Gasteiger partial charge on any atom is -0.496 e.